The molecule has 0 unspecified atom stereocenters. The van der Waals surface area contributed by atoms with Gasteiger partial charge >= 0.3 is 5.97 Å². The van der Waals surface area contributed by atoms with Crippen LogP contribution in [0.1, 0.15) is 10.4 Å². The van der Waals surface area contributed by atoms with Crippen LogP contribution < -0.4 is 5.73 Å². The number of benzene rings is 1. The number of carboxylic acids is 1. The van der Waals surface area contributed by atoms with Crippen molar-refractivity contribution in [2.24, 2.45) is 0 Å². The molecule has 0 aliphatic heterocycles. The lowest BCUT2D eigenvalue weighted by molar-refractivity contribution is 0.0699. The third-order valence-electron chi connectivity index (χ3n) is 2.88. The van der Waals surface area contributed by atoms with Crippen molar-refractivity contribution < 1.29 is 9.90 Å². The van der Waals surface area contributed by atoms with E-state index >= 15 is 0 Å². The molecular weight excluding hydrogens is 244 g/mol. The van der Waals surface area contributed by atoms with Crippen LogP contribution in [-0.2, 0) is 0 Å². The third-order valence-corrected chi connectivity index (χ3v) is 2.88. The van der Waals surface area contributed by atoms with E-state index < -0.39 is 5.97 Å². The zero-order chi connectivity index (χ0) is 13.4. The second-order valence-electron chi connectivity index (χ2n) is 4.08. The highest BCUT2D eigenvalue weighted by Gasteiger charge is 2.16. The predicted octanol–water partition coefficient (Wildman–Crippen LogP) is 1.91. The molecule has 4 N–H and O–H groups in total. The maximum atomic E-state index is 11.2. The molecule has 6 nitrogen and oxygen atoms in total. The summed E-state index contributed by atoms with van der Waals surface area (Å²) < 4.78 is 0. The summed E-state index contributed by atoms with van der Waals surface area (Å²) in [6.45, 7) is 0. The van der Waals surface area contributed by atoms with Crippen molar-refractivity contribution in [2.75, 3.05) is 5.73 Å². The maximum Gasteiger partial charge on any atom is 0.338 e. The number of anilines is 1. The Morgan fingerprint density at radius 3 is 2.63 bits per heavy atom. The Hall–Kier alpha value is -2.89. The van der Waals surface area contributed by atoms with Gasteiger partial charge < -0.3 is 15.8 Å². The number of rotatable bonds is 2. The van der Waals surface area contributed by atoms with E-state index in [1.165, 1.54) is 12.5 Å². The van der Waals surface area contributed by atoms with Gasteiger partial charge in [-0.15, -0.1) is 0 Å². The number of aromatic amines is 1. The molecule has 19 heavy (non-hydrogen) atoms. The first-order chi connectivity index (χ1) is 9.16. The van der Waals surface area contributed by atoms with Gasteiger partial charge in [0.1, 0.15) is 12.0 Å². The number of carboxylic acid groups (broad SMARTS) is 1. The fourth-order valence-electron chi connectivity index (χ4n) is 1.99. The molecule has 2 heterocycles. The van der Waals surface area contributed by atoms with Crippen LogP contribution in [0.5, 0.6) is 0 Å². The third kappa shape index (κ3) is 1.79. The van der Waals surface area contributed by atoms with Gasteiger partial charge in [-0.2, -0.15) is 0 Å². The van der Waals surface area contributed by atoms with E-state index in [1.54, 1.807) is 24.3 Å². The quantitative estimate of drug-likeness (QED) is 0.606. The molecule has 2 aromatic heterocycles. The normalized spacial score (nSPS) is 10.7. The molecule has 3 aromatic rings. The highest BCUT2D eigenvalue weighted by Crippen LogP contribution is 2.28. The minimum Gasteiger partial charge on any atom is -0.478 e. The Balaban J connectivity index is 2.31. The zero-order valence-electron chi connectivity index (χ0n) is 9.79. The Kier molecular flexibility index (Phi) is 2.42. The highest BCUT2D eigenvalue weighted by atomic mass is 16.4. The topological polar surface area (TPSA) is 105 Å². The number of carbonyl (C=O) groups is 1. The lowest BCUT2D eigenvalue weighted by atomic mass is 10.1. The average Bonchev–Trinajstić information content (AvgIpc) is 2.83. The van der Waals surface area contributed by atoms with Crippen molar-refractivity contribution in [3.63, 3.8) is 0 Å². The predicted molar refractivity (Wildman–Crippen MR) is 70.7 cm³/mol. The molecule has 94 valence electrons. The first-order valence-corrected chi connectivity index (χ1v) is 5.58. The summed E-state index contributed by atoms with van der Waals surface area (Å²) in [7, 11) is 0. The van der Waals surface area contributed by atoms with Gasteiger partial charge in [-0.1, -0.05) is 12.1 Å². The van der Waals surface area contributed by atoms with Gasteiger partial charge in [0.15, 0.2) is 0 Å². The van der Waals surface area contributed by atoms with E-state index in [-0.39, 0.29) is 5.56 Å². The largest absolute Gasteiger partial charge is 0.478 e. The Morgan fingerprint density at radius 1 is 1.21 bits per heavy atom. The van der Waals surface area contributed by atoms with Crippen molar-refractivity contribution in [1.29, 1.82) is 0 Å². The van der Waals surface area contributed by atoms with Crippen LogP contribution >= 0.6 is 0 Å². The second kappa shape index (κ2) is 4.09. The van der Waals surface area contributed by atoms with Crippen LogP contribution in [-0.4, -0.2) is 26.0 Å². The van der Waals surface area contributed by atoms with Crippen LogP contribution in [0.15, 0.2) is 36.8 Å². The number of hydrogen-bond acceptors (Lipinski definition) is 4. The molecule has 0 spiro atoms. The molecule has 0 bridgehead atoms. The van der Waals surface area contributed by atoms with Gasteiger partial charge in [-0.25, -0.2) is 14.8 Å². The van der Waals surface area contributed by atoms with E-state index in [9.17, 15) is 9.90 Å². The standard InChI is InChI=1S/C13H10N4O2/c14-8-3-1-7(2-4-8)11-10-9(13(18)19)5-15-12(10)17-6-16-11/h1-6H,14H2,(H,18,19)(H,15,16,17). The Morgan fingerprint density at radius 2 is 1.95 bits per heavy atom. The molecule has 6 heteroatoms. The molecular formula is C13H10N4O2. The van der Waals surface area contributed by atoms with E-state index in [2.05, 4.69) is 15.0 Å². The molecule has 0 aliphatic rings. The minimum atomic E-state index is -1.02. The van der Waals surface area contributed by atoms with Crippen LogP contribution in [0.25, 0.3) is 22.3 Å². The molecule has 0 radical (unpaired) electrons. The summed E-state index contributed by atoms with van der Waals surface area (Å²) >= 11 is 0. The molecule has 0 aliphatic carbocycles. The van der Waals surface area contributed by atoms with Crippen molar-refractivity contribution in [2.45, 2.75) is 0 Å². The Bertz CT molecular complexity index is 762. The number of aromatic nitrogens is 3. The van der Waals surface area contributed by atoms with Gasteiger partial charge in [-0.3, -0.25) is 0 Å². The fourth-order valence-corrected chi connectivity index (χ4v) is 1.99. The average molecular weight is 254 g/mol. The van der Waals surface area contributed by atoms with Crippen LogP contribution in [0.3, 0.4) is 0 Å². The first-order valence-electron chi connectivity index (χ1n) is 5.58. The summed E-state index contributed by atoms with van der Waals surface area (Å²) in [5, 5.41) is 9.69. The summed E-state index contributed by atoms with van der Waals surface area (Å²) in [5.74, 6) is -1.02. The van der Waals surface area contributed by atoms with Gasteiger partial charge in [0.05, 0.1) is 16.6 Å². The minimum absolute atomic E-state index is 0.155. The van der Waals surface area contributed by atoms with Gasteiger partial charge in [0.25, 0.3) is 0 Å². The number of hydrogen-bond donors (Lipinski definition) is 3. The van der Waals surface area contributed by atoms with Crippen molar-refractivity contribution >= 4 is 22.7 Å². The van der Waals surface area contributed by atoms with Gasteiger partial charge in [0.2, 0.25) is 0 Å². The number of aromatic carboxylic acids is 1. The first kappa shape index (κ1) is 11.2. The lowest BCUT2D eigenvalue weighted by Crippen LogP contribution is -1.97. The number of nitrogen functional groups attached to an aromatic ring is 1. The number of nitrogens with one attached hydrogen (secondary N) is 1. The Labute approximate surface area is 107 Å². The molecule has 0 atom stereocenters. The van der Waals surface area contributed by atoms with Gasteiger partial charge in [-0.05, 0) is 12.1 Å². The van der Waals surface area contributed by atoms with Crippen LogP contribution in [0, 0.1) is 0 Å². The molecule has 0 saturated heterocycles. The fraction of sp³-hybridized carbons (Fsp3) is 0. The monoisotopic (exact) mass is 254 g/mol. The zero-order valence-corrected chi connectivity index (χ0v) is 9.79. The van der Waals surface area contributed by atoms with Crippen molar-refractivity contribution in [1.82, 2.24) is 15.0 Å². The second-order valence-corrected chi connectivity index (χ2v) is 4.08. The van der Waals surface area contributed by atoms with Crippen LogP contribution in [0.2, 0.25) is 0 Å². The van der Waals surface area contributed by atoms with Crippen molar-refractivity contribution in [3.8, 4) is 11.3 Å². The van der Waals surface area contributed by atoms with Gasteiger partial charge in [0, 0.05) is 17.4 Å². The lowest BCUT2D eigenvalue weighted by Gasteiger charge is -2.03. The smallest absolute Gasteiger partial charge is 0.338 e. The maximum absolute atomic E-state index is 11.2. The van der Waals surface area contributed by atoms with E-state index in [4.69, 9.17) is 5.73 Å². The summed E-state index contributed by atoms with van der Waals surface area (Å²) in [6.07, 6.45) is 2.82. The molecule has 0 amide bonds. The van der Waals surface area contributed by atoms with E-state index in [1.807, 2.05) is 0 Å². The summed E-state index contributed by atoms with van der Waals surface area (Å²) in [6, 6.07) is 7.10. The van der Waals surface area contributed by atoms with E-state index in [0.29, 0.717) is 22.4 Å². The number of H-pyrrole nitrogens is 1. The molecule has 3 rings (SSSR count). The molecule has 1 aromatic carbocycles. The molecule has 0 saturated carbocycles. The van der Waals surface area contributed by atoms with E-state index in [0.717, 1.165) is 5.56 Å². The SMILES string of the molecule is Nc1ccc(-c2ncnc3[nH]cc(C(=O)O)c23)cc1. The van der Waals surface area contributed by atoms with Crippen LogP contribution in [0.4, 0.5) is 5.69 Å². The van der Waals surface area contributed by atoms with Crippen molar-refractivity contribution in [3.05, 3.63) is 42.4 Å². The number of nitrogens with two attached hydrogens (primary N) is 1. The molecule has 0 fully saturated rings. The summed E-state index contributed by atoms with van der Waals surface area (Å²) in [5.41, 5.74) is 8.31. The number of nitrogens with zero attached hydrogens (tertiary/aromatic N) is 2. The summed E-state index contributed by atoms with van der Waals surface area (Å²) in [4.78, 5) is 22.3. The number of fused-ring (bicyclic) bond motifs is 1. The highest BCUT2D eigenvalue weighted by molar-refractivity contribution is 6.07.